The van der Waals surface area contributed by atoms with Crippen LogP contribution in [0, 0.1) is 0 Å². The number of nitrogens with zero attached hydrogens (tertiary/aromatic N) is 2. The normalized spacial score (nSPS) is 14.8. The SMILES string of the molecule is CCOC(=O)c1[nH]nc(-c2ccc(Cl)cc2)c1N1CCOCC1. The van der Waals surface area contributed by atoms with Crippen LogP contribution < -0.4 is 4.90 Å². The van der Waals surface area contributed by atoms with Gasteiger partial charge in [-0.25, -0.2) is 4.79 Å². The Kier molecular flexibility index (Phi) is 4.83. The molecule has 1 saturated heterocycles. The molecule has 0 saturated carbocycles. The van der Waals surface area contributed by atoms with Crippen molar-refractivity contribution in [3.05, 3.63) is 35.0 Å². The van der Waals surface area contributed by atoms with Crippen molar-refractivity contribution in [2.45, 2.75) is 6.92 Å². The number of aromatic nitrogens is 2. The lowest BCUT2D eigenvalue weighted by Crippen LogP contribution is -2.37. The van der Waals surface area contributed by atoms with Gasteiger partial charge in [0.2, 0.25) is 0 Å². The van der Waals surface area contributed by atoms with Gasteiger partial charge in [-0.2, -0.15) is 5.10 Å². The van der Waals surface area contributed by atoms with Gasteiger partial charge >= 0.3 is 5.97 Å². The van der Waals surface area contributed by atoms with E-state index in [1.165, 1.54) is 0 Å². The van der Waals surface area contributed by atoms with Crippen LogP contribution in [0.1, 0.15) is 17.4 Å². The number of morpholine rings is 1. The highest BCUT2D eigenvalue weighted by atomic mass is 35.5. The van der Waals surface area contributed by atoms with Gasteiger partial charge in [0.25, 0.3) is 0 Å². The Morgan fingerprint density at radius 1 is 1.35 bits per heavy atom. The van der Waals surface area contributed by atoms with E-state index in [9.17, 15) is 4.79 Å². The zero-order valence-electron chi connectivity index (χ0n) is 12.8. The fourth-order valence-corrected chi connectivity index (χ4v) is 2.71. The van der Waals surface area contributed by atoms with Gasteiger partial charge in [0.05, 0.1) is 25.5 Å². The number of benzene rings is 1. The Hall–Kier alpha value is -2.05. The summed E-state index contributed by atoms with van der Waals surface area (Å²) < 4.78 is 10.5. The second kappa shape index (κ2) is 7.02. The van der Waals surface area contributed by atoms with Crippen LogP contribution in [0.5, 0.6) is 0 Å². The van der Waals surface area contributed by atoms with Gasteiger partial charge in [-0.15, -0.1) is 0 Å². The molecule has 1 aliphatic rings. The van der Waals surface area contributed by atoms with E-state index in [-0.39, 0.29) is 0 Å². The number of anilines is 1. The third kappa shape index (κ3) is 3.33. The highest BCUT2D eigenvalue weighted by Crippen LogP contribution is 2.33. The van der Waals surface area contributed by atoms with E-state index in [0.717, 1.165) is 11.3 Å². The topological polar surface area (TPSA) is 67.5 Å². The highest BCUT2D eigenvalue weighted by molar-refractivity contribution is 6.30. The number of halogens is 1. The fraction of sp³-hybridized carbons (Fsp3) is 0.375. The fourth-order valence-electron chi connectivity index (χ4n) is 2.59. The summed E-state index contributed by atoms with van der Waals surface area (Å²) in [6.45, 7) is 4.74. The molecule has 0 unspecified atom stereocenters. The molecular formula is C16H18ClN3O3. The second-order valence-electron chi connectivity index (χ2n) is 5.12. The number of nitrogens with one attached hydrogen (secondary N) is 1. The molecule has 2 heterocycles. The average molecular weight is 336 g/mol. The van der Waals surface area contributed by atoms with E-state index in [1.54, 1.807) is 19.1 Å². The summed E-state index contributed by atoms with van der Waals surface area (Å²) in [5.41, 5.74) is 2.74. The average Bonchev–Trinajstić information content (AvgIpc) is 3.01. The highest BCUT2D eigenvalue weighted by Gasteiger charge is 2.27. The Labute approximate surface area is 139 Å². The molecule has 3 rings (SSSR count). The van der Waals surface area contributed by atoms with E-state index < -0.39 is 5.97 Å². The number of hydrogen-bond donors (Lipinski definition) is 1. The van der Waals surface area contributed by atoms with Crippen LogP contribution >= 0.6 is 11.6 Å². The Balaban J connectivity index is 2.04. The van der Waals surface area contributed by atoms with Crippen molar-refractivity contribution < 1.29 is 14.3 Å². The Bertz CT molecular complexity index is 678. The summed E-state index contributed by atoms with van der Waals surface area (Å²) in [5.74, 6) is -0.401. The number of rotatable bonds is 4. The lowest BCUT2D eigenvalue weighted by atomic mass is 10.1. The number of H-pyrrole nitrogens is 1. The summed E-state index contributed by atoms with van der Waals surface area (Å²) in [7, 11) is 0. The lowest BCUT2D eigenvalue weighted by molar-refractivity contribution is 0.0519. The van der Waals surface area contributed by atoms with Crippen molar-refractivity contribution in [2.75, 3.05) is 37.8 Å². The van der Waals surface area contributed by atoms with Crippen LogP contribution in [0.4, 0.5) is 5.69 Å². The van der Waals surface area contributed by atoms with Gasteiger partial charge in [-0.1, -0.05) is 23.7 Å². The van der Waals surface area contributed by atoms with Crippen LogP contribution in [0.3, 0.4) is 0 Å². The summed E-state index contributed by atoms with van der Waals surface area (Å²) in [4.78, 5) is 14.3. The maximum absolute atomic E-state index is 12.2. The first-order valence-corrected chi connectivity index (χ1v) is 7.92. The molecule has 0 amide bonds. The molecule has 7 heteroatoms. The van der Waals surface area contributed by atoms with Crippen LogP contribution in [0.25, 0.3) is 11.3 Å². The summed E-state index contributed by atoms with van der Waals surface area (Å²) in [6, 6.07) is 7.38. The number of carbonyl (C=O) groups is 1. The number of esters is 1. The number of carbonyl (C=O) groups excluding carboxylic acids is 1. The quantitative estimate of drug-likeness (QED) is 0.870. The molecule has 1 aliphatic heterocycles. The largest absolute Gasteiger partial charge is 0.461 e. The molecule has 0 radical (unpaired) electrons. The first kappa shape index (κ1) is 15.8. The molecule has 122 valence electrons. The molecular weight excluding hydrogens is 318 g/mol. The van der Waals surface area contributed by atoms with Gasteiger partial charge in [0.1, 0.15) is 5.69 Å². The molecule has 2 aromatic rings. The predicted molar refractivity (Wildman–Crippen MR) is 88.0 cm³/mol. The van der Waals surface area contributed by atoms with Crippen LogP contribution in [0.2, 0.25) is 5.02 Å². The molecule has 0 atom stereocenters. The summed E-state index contributed by atoms with van der Waals surface area (Å²) in [5, 5.41) is 7.83. The smallest absolute Gasteiger partial charge is 0.358 e. The van der Waals surface area contributed by atoms with Crippen molar-refractivity contribution in [3.63, 3.8) is 0 Å². The monoisotopic (exact) mass is 335 g/mol. The Morgan fingerprint density at radius 2 is 2.04 bits per heavy atom. The van der Waals surface area contributed by atoms with Crippen LogP contribution in [-0.2, 0) is 9.47 Å². The maximum atomic E-state index is 12.2. The molecule has 1 aromatic carbocycles. The zero-order valence-corrected chi connectivity index (χ0v) is 13.6. The minimum atomic E-state index is -0.401. The van der Waals surface area contributed by atoms with Gasteiger partial charge in [-0.3, -0.25) is 5.10 Å². The van der Waals surface area contributed by atoms with E-state index >= 15 is 0 Å². The standard InChI is InChI=1S/C16H18ClN3O3/c1-2-23-16(21)14-15(20-7-9-22-10-8-20)13(18-19-14)11-3-5-12(17)6-4-11/h3-6H,2,7-10H2,1H3,(H,18,19). The molecule has 1 aromatic heterocycles. The molecule has 0 spiro atoms. The number of hydrogen-bond acceptors (Lipinski definition) is 5. The van der Waals surface area contributed by atoms with Crippen molar-refractivity contribution >= 4 is 23.3 Å². The van der Waals surface area contributed by atoms with E-state index in [4.69, 9.17) is 21.1 Å². The predicted octanol–water partition coefficient (Wildman–Crippen LogP) is 2.74. The van der Waals surface area contributed by atoms with Gasteiger partial charge in [0.15, 0.2) is 5.69 Å². The summed E-state index contributed by atoms with van der Waals surface area (Å²) >= 11 is 5.96. The lowest BCUT2D eigenvalue weighted by Gasteiger charge is -2.29. The van der Waals surface area contributed by atoms with Crippen molar-refractivity contribution in [2.24, 2.45) is 0 Å². The van der Waals surface area contributed by atoms with E-state index in [2.05, 4.69) is 15.1 Å². The third-order valence-electron chi connectivity index (χ3n) is 3.67. The van der Waals surface area contributed by atoms with E-state index in [0.29, 0.717) is 49.3 Å². The van der Waals surface area contributed by atoms with Crippen molar-refractivity contribution in [1.29, 1.82) is 0 Å². The van der Waals surface area contributed by atoms with Gasteiger partial charge < -0.3 is 14.4 Å². The van der Waals surface area contributed by atoms with Crippen molar-refractivity contribution in [1.82, 2.24) is 10.2 Å². The first-order chi connectivity index (χ1) is 11.2. The minimum absolute atomic E-state index is 0.316. The molecule has 1 fully saturated rings. The summed E-state index contributed by atoms with van der Waals surface area (Å²) in [6.07, 6.45) is 0. The number of ether oxygens (including phenoxy) is 2. The first-order valence-electron chi connectivity index (χ1n) is 7.55. The third-order valence-corrected chi connectivity index (χ3v) is 3.92. The molecule has 1 N–H and O–H groups in total. The number of aromatic amines is 1. The van der Waals surface area contributed by atoms with Gasteiger partial charge in [-0.05, 0) is 19.1 Å². The van der Waals surface area contributed by atoms with Crippen LogP contribution in [0.15, 0.2) is 24.3 Å². The van der Waals surface area contributed by atoms with E-state index in [1.807, 2.05) is 12.1 Å². The molecule has 0 bridgehead atoms. The zero-order chi connectivity index (χ0) is 16.2. The maximum Gasteiger partial charge on any atom is 0.358 e. The minimum Gasteiger partial charge on any atom is -0.461 e. The molecule has 23 heavy (non-hydrogen) atoms. The molecule has 0 aliphatic carbocycles. The van der Waals surface area contributed by atoms with Gasteiger partial charge in [0, 0.05) is 23.7 Å². The Morgan fingerprint density at radius 3 is 2.70 bits per heavy atom. The molecule has 6 nitrogen and oxygen atoms in total. The second-order valence-corrected chi connectivity index (χ2v) is 5.56. The van der Waals surface area contributed by atoms with Crippen LogP contribution in [-0.4, -0.2) is 49.1 Å². The van der Waals surface area contributed by atoms with Crippen molar-refractivity contribution in [3.8, 4) is 11.3 Å².